The van der Waals surface area contributed by atoms with Gasteiger partial charge in [-0.15, -0.1) is 0 Å². The maximum atomic E-state index is 12.7. The fourth-order valence-corrected chi connectivity index (χ4v) is 4.72. The molecule has 3 aliphatic heterocycles. The Morgan fingerprint density at radius 3 is 2.24 bits per heavy atom. The Kier molecular flexibility index (Phi) is 4.55. The molecule has 0 aliphatic carbocycles. The maximum absolute atomic E-state index is 12.7. The lowest BCUT2D eigenvalue weighted by atomic mass is 9.96. The van der Waals surface area contributed by atoms with E-state index in [-0.39, 0.29) is 0 Å². The molecule has 0 aromatic heterocycles. The molecule has 120 valence electrons. The predicted octanol–water partition coefficient (Wildman–Crippen LogP) is 1.99. The molecule has 3 rings (SSSR count). The highest BCUT2D eigenvalue weighted by Gasteiger charge is 2.36. The Hall–Kier alpha value is -0.610. The van der Waals surface area contributed by atoms with Gasteiger partial charge in [0.1, 0.15) is 0 Å². The summed E-state index contributed by atoms with van der Waals surface area (Å²) < 4.78 is 0. The number of nitrogens with zero attached hydrogens (tertiary/aromatic N) is 2. The van der Waals surface area contributed by atoms with Crippen LogP contribution in [0.4, 0.5) is 0 Å². The van der Waals surface area contributed by atoms with Crippen molar-refractivity contribution in [2.45, 2.75) is 89.0 Å². The molecule has 3 aliphatic rings. The molecule has 3 saturated heterocycles. The normalized spacial score (nSPS) is 39.8. The summed E-state index contributed by atoms with van der Waals surface area (Å²) in [6.07, 6.45) is 8.66. The van der Waals surface area contributed by atoms with Crippen molar-refractivity contribution in [1.29, 1.82) is 0 Å². The molecule has 21 heavy (non-hydrogen) atoms. The smallest absolute Gasteiger partial charge is 0.237 e. The molecule has 4 unspecified atom stereocenters. The molecule has 4 atom stereocenters. The van der Waals surface area contributed by atoms with Gasteiger partial charge in [0.15, 0.2) is 0 Å². The summed E-state index contributed by atoms with van der Waals surface area (Å²) in [6, 6.07) is 2.80. The van der Waals surface area contributed by atoms with Crippen LogP contribution in [0.1, 0.15) is 58.8 Å². The number of piperidine rings is 2. The summed E-state index contributed by atoms with van der Waals surface area (Å²) in [4.78, 5) is 17.2. The van der Waals surface area contributed by atoms with E-state index >= 15 is 0 Å². The van der Waals surface area contributed by atoms with E-state index in [2.05, 4.69) is 36.0 Å². The minimum absolute atomic E-state index is 0.336. The zero-order valence-corrected chi connectivity index (χ0v) is 13.8. The van der Waals surface area contributed by atoms with Gasteiger partial charge in [0.2, 0.25) is 5.91 Å². The molecule has 0 saturated carbocycles. The van der Waals surface area contributed by atoms with Crippen molar-refractivity contribution < 1.29 is 4.79 Å². The van der Waals surface area contributed by atoms with E-state index in [0.29, 0.717) is 42.7 Å². The number of fused-ring (bicyclic) bond motifs is 2. The van der Waals surface area contributed by atoms with Gasteiger partial charge in [-0.1, -0.05) is 0 Å². The van der Waals surface area contributed by atoms with Crippen molar-refractivity contribution in [3.8, 4) is 0 Å². The number of hydrogen-bond donors (Lipinski definition) is 1. The van der Waals surface area contributed by atoms with Gasteiger partial charge in [-0.3, -0.25) is 9.69 Å². The van der Waals surface area contributed by atoms with Crippen molar-refractivity contribution in [3.63, 3.8) is 0 Å². The first-order valence-corrected chi connectivity index (χ1v) is 8.82. The second-order valence-electron chi connectivity index (χ2n) is 7.61. The number of carbonyl (C=O) groups excluding carboxylic acids is 1. The van der Waals surface area contributed by atoms with Crippen molar-refractivity contribution in [2.75, 3.05) is 13.6 Å². The molecule has 0 spiro atoms. The van der Waals surface area contributed by atoms with Gasteiger partial charge in [0.05, 0.1) is 6.54 Å². The van der Waals surface area contributed by atoms with Crippen LogP contribution in [0.25, 0.3) is 0 Å². The first kappa shape index (κ1) is 15.3. The van der Waals surface area contributed by atoms with Crippen LogP contribution in [-0.2, 0) is 4.79 Å². The number of likely N-dealkylation sites (tertiary alicyclic amines) is 1. The largest absolute Gasteiger partial charge is 0.336 e. The quantitative estimate of drug-likeness (QED) is 0.864. The zero-order chi connectivity index (χ0) is 15.0. The number of nitrogens with one attached hydrogen (secondary N) is 1. The van der Waals surface area contributed by atoms with Crippen LogP contribution in [0.3, 0.4) is 0 Å². The first-order chi connectivity index (χ1) is 10.0. The predicted molar refractivity (Wildman–Crippen MR) is 85.2 cm³/mol. The second kappa shape index (κ2) is 6.25. The summed E-state index contributed by atoms with van der Waals surface area (Å²) in [5, 5.41) is 3.68. The first-order valence-electron chi connectivity index (χ1n) is 8.82. The van der Waals surface area contributed by atoms with Gasteiger partial charge < -0.3 is 10.2 Å². The van der Waals surface area contributed by atoms with Crippen molar-refractivity contribution in [3.05, 3.63) is 0 Å². The fraction of sp³-hybridized carbons (Fsp3) is 0.941. The fourth-order valence-electron chi connectivity index (χ4n) is 4.72. The molecule has 0 aromatic rings. The molecule has 4 heteroatoms. The van der Waals surface area contributed by atoms with Gasteiger partial charge in [-0.05, 0) is 65.8 Å². The Morgan fingerprint density at radius 1 is 1.10 bits per heavy atom. The molecule has 4 nitrogen and oxygen atoms in total. The van der Waals surface area contributed by atoms with E-state index < -0.39 is 0 Å². The maximum Gasteiger partial charge on any atom is 0.237 e. The van der Waals surface area contributed by atoms with Gasteiger partial charge >= 0.3 is 0 Å². The lowest BCUT2D eigenvalue weighted by molar-refractivity contribution is -0.138. The molecule has 0 aromatic carbocycles. The van der Waals surface area contributed by atoms with E-state index in [9.17, 15) is 4.79 Å². The Morgan fingerprint density at radius 2 is 1.67 bits per heavy atom. The number of rotatable bonds is 3. The van der Waals surface area contributed by atoms with Crippen LogP contribution >= 0.6 is 0 Å². The molecule has 1 N–H and O–H groups in total. The van der Waals surface area contributed by atoms with Crippen LogP contribution in [0.15, 0.2) is 0 Å². The van der Waals surface area contributed by atoms with Crippen LogP contribution in [-0.4, -0.2) is 59.5 Å². The number of amides is 1. The van der Waals surface area contributed by atoms with Gasteiger partial charge in [-0.25, -0.2) is 0 Å². The van der Waals surface area contributed by atoms with E-state index in [1.54, 1.807) is 0 Å². The van der Waals surface area contributed by atoms with Crippen LogP contribution in [0.5, 0.6) is 0 Å². The zero-order valence-electron chi connectivity index (χ0n) is 13.8. The summed E-state index contributed by atoms with van der Waals surface area (Å²) in [6.45, 7) is 5.01. The third kappa shape index (κ3) is 3.26. The SMILES string of the molecule is CC1CCCC(C)N1C(=O)CN(C)C1CC2CCC(C1)N2. The molecular weight excluding hydrogens is 262 g/mol. The van der Waals surface area contributed by atoms with Crippen LogP contribution in [0.2, 0.25) is 0 Å². The molecule has 1 amide bonds. The van der Waals surface area contributed by atoms with Gasteiger partial charge in [0.25, 0.3) is 0 Å². The highest BCUT2D eigenvalue weighted by molar-refractivity contribution is 5.79. The summed E-state index contributed by atoms with van der Waals surface area (Å²) in [5.74, 6) is 0.336. The minimum atomic E-state index is 0.336. The molecule has 0 radical (unpaired) electrons. The monoisotopic (exact) mass is 293 g/mol. The van der Waals surface area contributed by atoms with Crippen molar-refractivity contribution in [1.82, 2.24) is 15.1 Å². The molecule has 3 heterocycles. The highest BCUT2D eigenvalue weighted by Crippen LogP contribution is 2.29. The Bertz CT molecular complexity index is 364. The summed E-state index contributed by atoms with van der Waals surface area (Å²) in [5.41, 5.74) is 0. The highest BCUT2D eigenvalue weighted by atomic mass is 16.2. The average molecular weight is 293 g/mol. The Labute approximate surface area is 129 Å². The standard InChI is InChI=1S/C17H31N3O/c1-12-5-4-6-13(2)20(12)17(21)11-19(3)16-9-14-7-8-15(10-16)18-14/h12-16,18H,4-11H2,1-3H3. The number of carbonyl (C=O) groups is 1. The van der Waals surface area contributed by atoms with E-state index in [0.717, 1.165) is 12.8 Å². The third-order valence-electron chi connectivity index (χ3n) is 5.94. The van der Waals surface area contributed by atoms with E-state index in [4.69, 9.17) is 0 Å². The van der Waals surface area contributed by atoms with Gasteiger partial charge in [0, 0.05) is 30.2 Å². The van der Waals surface area contributed by atoms with Crippen LogP contribution in [0, 0.1) is 0 Å². The number of hydrogen-bond acceptors (Lipinski definition) is 3. The Balaban J connectivity index is 1.56. The second-order valence-corrected chi connectivity index (χ2v) is 7.61. The average Bonchev–Trinajstić information content (AvgIpc) is 2.77. The number of likely N-dealkylation sites (N-methyl/N-ethyl adjacent to an activating group) is 1. The summed E-state index contributed by atoms with van der Waals surface area (Å²) >= 11 is 0. The third-order valence-corrected chi connectivity index (χ3v) is 5.94. The topological polar surface area (TPSA) is 35.6 Å². The van der Waals surface area contributed by atoms with E-state index in [1.807, 2.05) is 0 Å². The van der Waals surface area contributed by atoms with Crippen LogP contribution < -0.4 is 5.32 Å². The van der Waals surface area contributed by atoms with E-state index in [1.165, 1.54) is 32.1 Å². The minimum Gasteiger partial charge on any atom is -0.336 e. The lowest BCUT2D eigenvalue weighted by Crippen LogP contribution is -2.53. The molecular formula is C17H31N3O. The van der Waals surface area contributed by atoms with Gasteiger partial charge in [-0.2, -0.15) is 0 Å². The summed E-state index contributed by atoms with van der Waals surface area (Å²) in [7, 11) is 2.15. The van der Waals surface area contributed by atoms with Crippen molar-refractivity contribution >= 4 is 5.91 Å². The molecule has 2 bridgehead atoms. The lowest BCUT2D eigenvalue weighted by Gasteiger charge is -2.41. The molecule has 3 fully saturated rings. The van der Waals surface area contributed by atoms with Crippen molar-refractivity contribution in [2.24, 2.45) is 0 Å².